The summed E-state index contributed by atoms with van der Waals surface area (Å²) in [6.07, 6.45) is 3.55. The maximum absolute atomic E-state index is 12.4. The third-order valence-corrected chi connectivity index (χ3v) is 4.26. The van der Waals surface area contributed by atoms with E-state index in [1.165, 1.54) is 0 Å². The van der Waals surface area contributed by atoms with Gasteiger partial charge in [-0.15, -0.1) is 0 Å². The lowest BCUT2D eigenvalue weighted by Gasteiger charge is -2.28. The van der Waals surface area contributed by atoms with Crippen molar-refractivity contribution in [3.8, 4) is 0 Å². The van der Waals surface area contributed by atoms with E-state index in [9.17, 15) is 9.59 Å². The Morgan fingerprint density at radius 1 is 1.16 bits per heavy atom. The zero-order chi connectivity index (χ0) is 18.0. The van der Waals surface area contributed by atoms with Gasteiger partial charge in [0.05, 0.1) is 12.1 Å². The quantitative estimate of drug-likeness (QED) is 0.823. The van der Waals surface area contributed by atoms with Gasteiger partial charge in [-0.3, -0.25) is 9.80 Å². The minimum Gasteiger partial charge on any atom is -0.444 e. The van der Waals surface area contributed by atoms with Crippen molar-refractivity contribution in [2.75, 3.05) is 6.54 Å². The molecule has 134 valence electrons. The summed E-state index contributed by atoms with van der Waals surface area (Å²) in [5, 5.41) is 0. The predicted molar refractivity (Wildman–Crippen MR) is 92.7 cm³/mol. The molecular weight excluding hydrogens is 320 g/mol. The second-order valence-electron chi connectivity index (χ2n) is 7.31. The molecule has 2 atom stereocenters. The molecule has 0 spiro atoms. The standard InChI is InChI=1S/C19H24N2O4/c1-19(2,3)25-18(23)21-12-10-15-16(21)9-11-20(15)17(22)24-13-14-7-5-4-6-8-14/h4-9,11,15-16H,10,12-13H2,1-3H3/t15-,16+/m1/s1. The molecule has 0 N–H and O–H groups in total. The summed E-state index contributed by atoms with van der Waals surface area (Å²) >= 11 is 0. The van der Waals surface area contributed by atoms with Gasteiger partial charge in [0.2, 0.25) is 0 Å². The maximum atomic E-state index is 12.4. The average molecular weight is 344 g/mol. The first-order chi connectivity index (χ1) is 11.8. The number of amides is 2. The molecule has 2 aliphatic rings. The number of hydrogen-bond donors (Lipinski definition) is 0. The molecule has 1 aromatic carbocycles. The Morgan fingerprint density at radius 2 is 1.88 bits per heavy atom. The fourth-order valence-corrected chi connectivity index (χ4v) is 3.15. The second-order valence-corrected chi connectivity index (χ2v) is 7.31. The molecule has 6 nitrogen and oxygen atoms in total. The van der Waals surface area contributed by atoms with Crippen LogP contribution in [0.1, 0.15) is 32.8 Å². The summed E-state index contributed by atoms with van der Waals surface area (Å²) in [4.78, 5) is 28.0. The summed E-state index contributed by atoms with van der Waals surface area (Å²) in [6, 6.07) is 9.32. The van der Waals surface area contributed by atoms with E-state index in [1.807, 2.05) is 57.2 Å². The number of benzene rings is 1. The van der Waals surface area contributed by atoms with Crippen LogP contribution in [-0.4, -0.2) is 46.2 Å². The minimum atomic E-state index is -0.536. The number of carbonyl (C=O) groups is 2. The highest BCUT2D eigenvalue weighted by Crippen LogP contribution is 2.31. The largest absolute Gasteiger partial charge is 0.444 e. The van der Waals surface area contributed by atoms with Gasteiger partial charge in [0.15, 0.2) is 0 Å². The van der Waals surface area contributed by atoms with Crippen LogP contribution in [0.2, 0.25) is 0 Å². The molecule has 1 aromatic rings. The number of carbonyl (C=O) groups excluding carboxylic acids is 2. The molecule has 0 radical (unpaired) electrons. The van der Waals surface area contributed by atoms with Gasteiger partial charge in [-0.2, -0.15) is 0 Å². The van der Waals surface area contributed by atoms with E-state index in [0.717, 1.165) is 5.56 Å². The van der Waals surface area contributed by atoms with Crippen molar-refractivity contribution in [3.05, 3.63) is 48.2 Å². The van der Waals surface area contributed by atoms with Crippen LogP contribution in [0.4, 0.5) is 9.59 Å². The summed E-state index contributed by atoms with van der Waals surface area (Å²) in [7, 11) is 0. The predicted octanol–water partition coefficient (Wildman–Crippen LogP) is 3.53. The van der Waals surface area contributed by atoms with Crippen LogP contribution in [-0.2, 0) is 16.1 Å². The van der Waals surface area contributed by atoms with Gasteiger partial charge in [0.25, 0.3) is 0 Å². The molecular formula is C19H24N2O4. The maximum Gasteiger partial charge on any atom is 0.414 e. The van der Waals surface area contributed by atoms with Gasteiger partial charge in [0, 0.05) is 12.7 Å². The van der Waals surface area contributed by atoms with E-state index in [2.05, 4.69) is 0 Å². The molecule has 25 heavy (non-hydrogen) atoms. The lowest BCUT2D eigenvalue weighted by Crippen LogP contribution is -2.43. The second kappa shape index (κ2) is 6.78. The highest BCUT2D eigenvalue weighted by atomic mass is 16.6. The number of fused-ring (bicyclic) bond motifs is 1. The van der Waals surface area contributed by atoms with Gasteiger partial charge in [-0.05, 0) is 38.8 Å². The van der Waals surface area contributed by atoms with E-state index in [-0.39, 0.29) is 24.8 Å². The molecule has 6 heteroatoms. The Labute approximate surface area is 148 Å². The van der Waals surface area contributed by atoms with Crippen LogP contribution >= 0.6 is 0 Å². The van der Waals surface area contributed by atoms with Crippen LogP contribution < -0.4 is 0 Å². The molecule has 0 aromatic heterocycles. The molecule has 2 aliphatic heterocycles. The molecule has 2 heterocycles. The van der Waals surface area contributed by atoms with Crippen LogP contribution in [0.5, 0.6) is 0 Å². The van der Waals surface area contributed by atoms with Gasteiger partial charge in [-0.1, -0.05) is 30.3 Å². The van der Waals surface area contributed by atoms with Crippen molar-refractivity contribution >= 4 is 12.2 Å². The Morgan fingerprint density at radius 3 is 2.56 bits per heavy atom. The topological polar surface area (TPSA) is 59.1 Å². The van der Waals surface area contributed by atoms with Gasteiger partial charge in [-0.25, -0.2) is 9.59 Å². The molecule has 1 fully saturated rings. The van der Waals surface area contributed by atoms with Crippen LogP contribution in [0.3, 0.4) is 0 Å². The Kier molecular flexibility index (Phi) is 4.70. The normalized spacial score (nSPS) is 22.0. The Hall–Kier alpha value is -2.50. The molecule has 0 saturated carbocycles. The van der Waals surface area contributed by atoms with Crippen molar-refractivity contribution in [1.82, 2.24) is 9.80 Å². The van der Waals surface area contributed by atoms with Gasteiger partial charge >= 0.3 is 12.2 Å². The van der Waals surface area contributed by atoms with Crippen molar-refractivity contribution in [2.45, 2.75) is 51.5 Å². The number of ether oxygens (including phenoxy) is 2. The highest BCUT2D eigenvalue weighted by Gasteiger charge is 2.45. The summed E-state index contributed by atoms with van der Waals surface area (Å²) in [5.74, 6) is 0. The fraction of sp³-hybridized carbons (Fsp3) is 0.474. The third-order valence-electron chi connectivity index (χ3n) is 4.26. The Balaban J connectivity index is 1.57. The van der Waals surface area contributed by atoms with Crippen LogP contribution in [0.25, 0.3) is 0 Å². The zero-order valence-electron chi connectivity index (χ0n) is 14.8. The van der Waals surface area contributed by atoms with Crippen molar-refractivity contribution in [1.29, 1.82) is 0 Å². The number of hydrogen-bond acceptors (Lipinski definition) is 4. The smallest absolute Gasteiger partial charge is 0.414 e. The lowest BCUT2D eigenvalue weighted by molar-refractivity contribution is 0.0241. The molecule has 0 bridgehead atoms. The van der Waals surface area contributed by atoms with E-state index in [4.69, 9.17) is 9.47 Å². The third kappa shape index (κ3) is 3.95. The Bertz CT molecular complexity index is 666. The highest BCUT2D eigenvalue weighted by molar-refractivity contribution is 5.73. The van der Waals surface area contributed by atoms with Crippen molar-refractivity contribution in [2.24, 2.45) is 0 Å². The first-order valence-corrected chi connectivity index (χ1v) is 8.52. The van der Waals surface area contributed by atoms with Crippen molar-refractivity contribution in [3.63, 3.8) is 0 Å². The first-order valence-electron chi connectivity index (χ1n) is 8.52. The SMILES string of the molecule is CC(C)(C)OC(=O)N1CC[C@@H]2[C@@H]1C=CN2C(=O)OCc1ccccc1. The van der Waals surface area contributed by atoms with Gasteiger partial charge < -0.3 is 9.47 Å². The van der Waals surface area contributed by atoms with Crippen LogP contribution in [0, 0.1) is 0 Å². The first kappa shape index (κ1) is 17.3. The van der Waals surface area contributed by atoms with Crippen LogP contribution in [0.15, 0.2) is 42.6 Å². The lowest BCUT2D eigenvalue weighted by atomic mass is 10.1. The summed E-state index contributed by atoms with van der Waals surface area (Å²) in [6.45, 7) is 6.33. The molecule has 1 saturated heterocycles. The van der Waals surface area contributed by atoms with E-state index in [1.54, 1.807) is 16.0 Å². The van der Waals surface area contributed by atoms with Gasteiger partial charge in [0.1, 0.15) is 12.2 Å². The number of nitrogens with zero attached hydrogens (tertiary/aromatic N) is 2. The zero-order valence-corrected chi connectivity index (χ0v) is 14.8. The fourth-order valence-electron chi connectivity index (χ4n) is 3.15. The summed E-state index contributed by atoms with van der Waals surface area (Å²) < 4.78 is 10.8. The average Bonchev–Trinajstić information content (AvgIpc) is 3.13. The van der Waals surface area contributed by atoms with E-state index in [0.29, 0.717) is 13.0 Å². The van der Waals surface area contributed by atoms with E-state index >= 15 is 0 Å². The minimum absolute atomic E-state index is 0.0872. The molecule has 0 aliphatic carbocycles. The molecule has 3 rings (SSSR count). The van der Waals surface area contributed by atoms with Crippen molar-refractivity contribution < 1.29 is 19.1 Å². The monoisotopic (exact) mass is 344 g/mol. The number of rotatable bonds is 2. The summed E-state index contributed by atoms with van der Waals surface area (Å²) in [5.41, 5.74) is 0.406. The van der Waals surface area contributed by atoms with E-state index < -0.39 is 11.7 Å². The number of likely N-dealkylation sites (tertiary alicyclic amines) is 1. The molecule has 2 amide bonds. The molecule has 0 unspecified atom stereocenters.